The van der Waals surface area contributed by atoms with E-state index < -0.39 is 6.61 Å². The summed E-state index contributed by atoms with van der Waals surface area (Å²) < 4.78 is 42.4. The molecule has 2 heterocycles. The number of hydrogen-bond acceptors (Lipinski definition) is 6. The van der Waals surface area contributed by atoms with Crippen LogP contribution in [-0.2, 0) is 19.6 Å². The lowest BCUT2D eigenvalue weighted by Gasteiger charge is -2.15. The van der Waals surface area contributed by atoms with Gasteiger partial charge in [0.1, 0.15) is 12.1 Å². The Bertz CT molecular complexity index is 818. The molecule has 2 N–H and O–H groups in total. The summed E-state index contributed by atoms with van der Waals surface area (Å²) >= 11 is 0. The van der Waals surface area contributed by atoms with Gasteiger partial charge in [0.2, 0.25) is 6.79 Å². The predicted octanol–water partition coefficient (Wildman–Crippen LogP) is 2.11. The Hall–Kier alpha value is -2.38. The molecule has 1 aliphatic rings. The standard InChI is InChI=1S/C16H20F2N6O3.HI/c1-3-24-8-22-23-14(24)7-21-16(19-2)20-6-10-4-12-13(26-9-25-12)5-11(10)27-15(17)18;/h4-5,8,15H,3,6-7,9H2,1-2H3,(H2,19,20,21);1H. The van der Waals surface area contributed by atoms with Crippen LogP contribution in [0.2, 0.25) is 0 Å². The summed E-state index contributed by atoms with van der Waals surface area (Å²) in [5.74, 6) is 2.10. The van der Waals surface area contributed by atoms with Gasteiger partial charge < -0.3 is 29.4 Å². The van der Waals surface area contributed by atoms with E-state index in [1.807, 2.05) is 11.5 Å². The fourth-order valence-corrected chi connectivity index (χ4v) is 2.55. The highest BCUT2D eigenvalue weighted by atomic mass is 127. The molecule has 154 valence electrons. The topological polar surface area (TPSA) is 94.8 Å². The van der Waals surface area contributed by atoms with Crippen LogP contribution in [0.15, 0.2) is 23.5 Å². The number of nitrogens with zero attached hydrogens (tertiary/aromatic N) is 4. The van der Waals surface area contributed by atoms with Gasteiger partial charge in [0.25, 0.3) is 0 Å². The predicted molar refractivity (Wildman–Crippen MR) is 107 cm³/mol. The zero-order valence-electron chi connectivity index (χ0n) is 15.3. The highest BCUT2D eigenvalue weighted by Crippen LogP contribution is 2.38. The number of halogens is 3. The number of aromatic nitrogens is 3. The van der Waals surface area contributed by atoms with Crippen molar-refractivity contribution < 1.29 is 23.0 Å². The number of rotatable bonds is 7. The van der Waals surface area contributed by atoms with Gasteiger partial charge in [-0.2, -0.15) is 8.78 Å². The molecule has 12 heteroatoms. The van der Waals surface area contributed by atoms with Crippen molar-refractivity contribution in [2.75, 3.05) is 13.8 Å². The molecular weight excluding hydrogens is 489 g/mol. The molecular formula is C16H21F2IN6O3. The van der Waals surface area contributed by atoms with Gasteiger partial charge in [0.05, 0.1) is 6.54 Å². The average molecular weight is 510 g/mol. The number of ether oxygens (including phenoxy) is 3. The first-order chi connectivity index (χ1) is 13.1. The largest absolute Gasteiger partial charge is 0.454 e. The van der Waals surface area contributed by atoms with Crippen LogP contribution in [0.5, 0.6) is 17.2 Å². The first kappa shape index (κ1) is 21.9. The Kier molecular flexibility index (Phi) is 8.02. The monoisotopic (exact) mass is 510 g/mol. The van der Waals surface area contributed by atoms with Gasteiger partial charge in [-0.15, -0.1) is 34.2 Å². The Morgan fingerprint density at radius 1 is 1.29 bits per heavy atom. The van der Waals surface area contributed by atoms with Crippen molar-refractivity contribution in [3.05, 3.63) is 29.8 Å². The van der Waals surface area contributed by atoms with Crippen molar-refractivity contribution in [1.82, 2.24) is 25.4 Å². The molecule has 2 aromatic rings. The molecule has 3 rings (SSSR count). The minimum atomic E-state index is -2.94. The Balaban J connectivity index is 0.00000280. The zero-order chi connectivity index (χ0) is 19.2. The minimum Gasteiger partial charge on any atom is -0.454 e. The molecule has 1 aliphatic heterocycles. The molecule has 0 unspecified atom stereocenters. The van der Waals surface area contributed by atoms with Crippen molar-refractivity contribution in [3.8, 4) is 17.2 Å². The third-order valence-corrected chi connectivity index (χ3v) is 3.89. The van der Waals surface area contributed by atoms with E-state index in [0.29, 0.717) is 29.6 Å². The van der Waals surface area contributed by atoms with Crippen LogP contribution >= 0.6 is 24.0 Å². The van der Waals surface area contributed by atoms with E-state index in [4.69, 9.17) is 9.47 Å². The lowest BCUT2D eigenvalue weighted by molar-refractivity contribution is -0.0505. The van der Waals surface area contributed by atoms with Crippen molar-refractivity contribution in [1.29, 1.82) is 0 Å². The molecule has 9 nitrogen and oxygen atoms in total. The van der Waals surface area contributed by atoms with Gasteiger partial charge in [0.15, 0.2) is 23.3 Å². The van der Waals surface area contributed by atoms with Gasteiger partial charge >= 0.3 is 6.61 Å². The number of benzene rings is 1. The van der Waals surface area contributed by atoms with Crippen LogP contribution in [0.25, 0.3) is 0 Å². The van der Waals surface area contributed by atoms with Crippen molar-refractivity contribution in [2.24, 2.45) is 4.99 Å². The second kappa shape index (κ2) is 10.2. The second-order valence-electron chi connectivity index (χ2n) is 5.50. The fraction of sp³-hybridized carbons (Fsp3) is 0.438. The van der Waals surface area contributed by atoms with Crippen LogP contribution in [0.1, 0.15) is 18.3 Å². The van der Waals surface area contributed by atoms with E-state index in [9.17, 15) is 8.78 Å². The number of aliphatic imine (C=N–C) groups is 1. The Morgan fingerprint density at radius 3 is 2.68 bits per heavy atom. The smallest absolute Gasteiger partial charge is 0.387 e. The van der Waals surface area contributed by atoms with Crippen LogP contribution in [-0.4, -0.2) is 41.2 Å². The maximum atomic E-state index is 12.7. The molecule has 0 radical (unpaired) electrons. The van der Waals surface area contributed by atoms with Crippen LogP contribution in [0.3, 0.4) is 0 Å². The second-order valence-corrected chi connectivity index (χ2v) is 5.50. The molecule has 0 spiro atoms. The van der Waals surface area contributed by atoms with Gasteiger partial charge in [0, 0.05) is 31.8 Å². The lowest BCUT2D eigenvalue weighted by atomic mass is 10.1. The summed E-state index contributed by atoms with van der Waals surface area (Å²) in [6.07, 6.45) is 1.65. The Morgan fingerprint density at radius 2 is 2.00 bits per heavy atom. The van der Waals surface area contributed by atoms with E-state index >= 15 is 0 Å². The molecule has 28 heavy (non-hydrogen) atoms. The SMILES string of the molecule is CCn1cnnc1CNC(=NC)NCc1cc2c(cc1OC(F)F)OCO2.I. The van der Waals surface area contributed by atoms with Gasteiger partial charge in [-0.05, 0) is 13.0 Å². The summed E-state index contributed by atoms with van der Waals surface area (Å²) in [5, 5.41) is 14.0. The molecule has 0 atom stereocenters. The van der Waals surface area contributed by atoms with E-state index in [-0.39, 0.29) is 43.1 Å². The first-order valence-corrected chi connectivity index (χ1v) is 8.29. The summed E-state index contributed by atoms with van der Waals surface area (Å²) in [5.41, 5.74) is 0.485. The van der Waals surface area contributed by atoms with Gasteiger partial charge in [-0.1, -0.05) is 0 Å². The van der Waals surface area contributed by atoms with Crippen LogP contribution < -0.4 is 24.8 Å². The minimum absolute atomic E-state index is 0. The number of guanidine groups is 1. The lowest BCUT2D eigenvalue weighted by Crippen LogP contribution is -2.37. The molecule has 0 amide bonds. The van der Waals surface area contributed by atoms with Gasteiger partial charge in [-0.25, -0.2) is 0 Å². The zero-order valence-corrected chi connectivity index (χ0v) is 17.6. The summed E-state index contributed by atoms with van der Waals surface area (Å²) in [4.78, 5) is 4.11. The fourth-order valence-electron chi connectivity index (χ4n) is 2.55. The van der Waals surface area contributed by atoms with E-state index in [1.165, 1.54) is 6.07 Å². The molecule has 0 saturated carbocycles. The van der Waals surface area contributed by atoms with E-state index in [0.717, 1.165) is 12.4 Å². The van der Waals surface area contributed by atoms with Crippen molar-refractivity contribution in [2.45, 2.75) is 33.2 Å². The molecule has 0 saturated heterocycles. The quantitative estimate of drug-likeness (QED) is 0.335. The summed E-state index contributed by atoms with van der Waals surface area (Å²) in [7, 11) is 1.61. The number of aryl methyl sites for hydroxylation is 1. The maximum absolute atomic E-state index is 12.7. The third kappa shape index (κ3) is 5.33. The van der Waals surface area contributed by atoms with Crippen molar-refractivity contribution >= 4 is 29.9 Å². The highest BCUT2D eigenvalue weighted by molar-refractivity contribution is 14.0. The van der Waals surface area contributed by atoms with Crippen LogP contribution in [0.4, 0.5) is 8.78 Å². The number of nitrogens with one attached hydrogen (secondary N) is 2. The van der Waals surface area contributed by atoms with Gasteiger partial charge in [-0.3, -0.25) is 4.99 Å². The average Bonchev–Trinajstić information content (AvgIpc) is 3.29. The maximum Gasteiger partial charge on any atom is 0.387 e. The molecule has 0 bridgehead atoms. The van der Waals surface area contributed by atoms with E-state index in [2.05, 4.69) is 30.6 Å². The normalized spacial score (nSPS) is 12.7. The Labute approximate surface area is 177 Å². The summed E-state index contributed by atoms with van der Waals surface area (Å²) in [6, 6.07) is 3.00. The molecule has 0 fully saturated rings. The highest BCUT2D eigenvalue weighted by Gasteiger charge is 2.20. The third-order valence-electron chi connectivity index (χ3n) is 3.89. The molecule has 0 aliphatic carbocycles. The first-order valence-electron chi connectivity index (χ1n) is 8.29. The number of alkyl halides is 2. The van der Waals surface area contributed by atoms with E-state index in [1.54, 1.807) is 19.4 Å². The number of hydrogen-bond donors (Lipinski definition) is 2. The molecule has 1 aromatic heterocycles. The number of fused-ring (bicyclic) bond motifs is 1. The van der Waals surface area contributed by atoms with Crippen molar-refractivity contribution in [3.63, 3.8) is 0 Å². The molecule has 1 aromatic carbocycles. The van der Waals surface area contributed by atoms with Crippen LogP contribution in [0, 0.1) is 0 Å². The summed E-state index contributed by atoms with van der Waals surface area (Å²) in [6.45, 7) is 0.447.